The molecular formula is C16H18N2. The van der Waals surface area contributed by atoms with E-state index in [1.165, 1.54) is 43.3 Å². The molecule has 1 aliphatic carbocycles. The smallest absolute Gasteiger partial charge is 0.0459 e. The maximum Gasteiger partial charge on any atom is 0.0459 e. The van der Waals surface area contributed by atoms with Gasteiger partial charge in [-0.25, -0.2) is 0 Å². The summed E-state index contributed by atoms with van der Waals surface area (Å²) in [5, 5.41) is 1.48. The van der Waals surface area contributed by atoms with Crippen molar-refractivity contribution in [1.29, 1.82) is 0 Å². The molecule has 2 fully saturated rings. The molecular weight excluding hydrogens is 220 g/mol. The average Bonchev–Trinajstić information content (AvgIpc) is 3.07. The van der Waals surface area contributed by atoms with Crippen LogP contribution in [0.15, 0.2) is 24.3 Å². The number of H-pyrrole nitrogens is 1. The first-order valence-electron chi connectivity index (χ1n) is 7.25. The fourth-order valence-electron chi connectivity index (χ4n) is 4.83. The van der Waals surface area contributed by atoms with Crippen LogP contribution in [0.1, 0.15) is 30.0 Å². The molecule has 3 heterocycles. The standard InChI is InChI=1S/C16H18N2/c1-2-4-14-11(3-1)13-9-10-5-7-18-8-6-12(16(10)18)15(13)17-14/h1-4,10,12,16-17H,5-9H2/t10-,12+,16-/m1/s1. The van der Waals surface area contributed by atoms with Crippen LogP contribution in [0.3, 0.4) is 0 Å². The third-order valence-corrected chi connectivity index (χ3v) is 5.52. The Morgan fingerprint density at radius 2 is 2.00 bits per heavy atom. The highest BCUT2D eigenvalue weighted by atomic mass is 15.2. The molecule has 1 aromatic carbocycles. The molecule has 2 saturated heterocycles. The molecule has 3 atom stereocenters. The average molecular weight is 238 g/mol. The number of hydrogen-bond donors (Lipinski definition) is 1. The molecule has 1 N–H and O–H groups in total. The van der Waals surface area contributed by atoms with Gasteiger partial charge >= 0.3 is 0 Å². The Labute approximate surface area is 107 Å². The molecule has 2 heteroatoms. The lowest BCUT2D eigenvalue weighted by Gasteiger charge is -2.31. The van der Waals surface area contributed by atoms with Crippen LogP contribution in [-0.2, 0) is 6.42 Å². The van der Waals surface area contributed by atoms with Gasteiger partial charge in [0.2, 0.25) is 0 Å². The number of rotatable bonds is 0. The van der Waals surface area contributed by atoms with Crippen LogP contribution in [0.2, 0.25) is 0 Å². The zero-order valence-electron chi connectivity index (χ0n) is 10.5. The van der Waals surface area contributed by atoms with Gasteiger partial charge in [0, 0.05) is 28.6 Å². The fourth-order valence-corrected chi connectivity index (χ4v) is 4.83. The number of aromatic amines is 1. The van der Waals surface area contributed by atoms with E-state index in [9.17, 15) is 0 Å². The van der Waals surface area contributed by atoms with Gasteiger partial charge < -0.3 is 4.98 Å². The Balaban J connectivity index is 1.77. The van der Waals surface area contributed by atoms with Crippen LogP contribution < -0.4 is 0 Å². The maximum absolute atomic E-state index is 3.73. The highest BCUT2D eigenvalue weighted by Crippen LogP contribution is 2.49. The van der Waals surface area contributed by atoms with Gasteiger partial charge in [-0.15, -0.1) is 0 Å². The quantitative estimate of drug-likeness (QED) is 0.747. The van der Waals surface area contributed by atoms with Crippen molar-refractivity contribution in [2.45, 2.75) is 31.2 Å². The molecule has 0 amide bonds. The Kier molecular flexibility index (Phi) is 1.70. The van der Waals surface area contributed by atoms with Gasteiger partial charge in [0.1, 0.15) is 0 Å². The summed E-state index contributed by atoms with van der Waals surface area (Å²) in [7, 11) is 0. The second-order valence-corrected chi connectivity index (χ2v) is 6.24. The van der Waals surface area contributed by atoms with E-state index in [1.807, 2.05) is 0 Å². The van der Waals surface area contributed by atoms with Crippen molar-refractivity contribution >= 4 is 10.9 Å². The summed E-state index contributed by atoms with van der Waals surface area (Å²) in [6.45, 7) is 2.66. The van der Waals surface area contributed by atoms with Gasteiger partial charge in [-0.2, -0.15) is 0 Å². The summed E-state index contributed by atoms with van der Waals surface area (Å²) < 4.78 is 0. The second-order valence-electron chi connectivity index (χ2n) is 6.24. The summed E-state index contributed by atoms with van der Waals surface area (Å²) in [4.78, 5) is 6.47. The Bertz CT molecular complexity index is 627. The molecule has 0 saturated carbocycles. The number of benzene rings is 1. The molecule has 2 nitrogen and oxygen atoms in total. The molecule has 2 aliphatic heterocycles. The molecule has 3 aliphatic rings. The first-order valence-corrected chi connectivity index (χ1v) is 7.25. The van der Waals surface area contributed by atoms with Gasteiger partial charge in [-0.1, -0.05) is 18.2 Å². The lowest BCUT2D eigenvalue weighted by atomic mass is 9.76. The van der Waals surface area contributed by atoms with E-state index < -0.39 is 0 Å². The minimum Gasteiger partial charge on any atom is -0.358 e. The van der Waals surface area contributed by atoms with Crippen LogP contribution in [-0.4, -0.2) is 29.0 Å². The summed E-state index contributed by atoms with van der Waals surface area (Å²) in [5.41, 5.74) is 4.56. The second kappa shape index (κ2) is 3.18. The van der Waals surface area contributed by atoms with E-state index in [-0.39, 0.29) is 0 Å². The molecule has 0 bridgehead atoms. The minimum absolute atomic E-state index is 0.786. The van der Waals surface area contributed by atoms with Crippen molar-refractivity contribution in [2.75, 3.05) is 13.1 Å². The monoisotopic (exact) mass is 238 g/mol. The van der Waals surface area contributed by atoms with Crippen LogP contribution in [0.25, 0.3) is 10.9 Å². The highest BCUT2D eigenvalue weighted by Gasteiger charge is 2.48. The number of fused-ring (bicyclic) bond motifs is 4. The Morgan fingerprint density at radius 3 is 3.00 bits per heavy atom. The zero-order chi connectivity index (χ0) is 11.7. The predicted molar refractivity (Wildman–Crippen MR) is 72.8 cm³/mol. The van der Waals surface area contributed by atoms with Crippen molar-refractivity contribution in [3.8, 4) is 0 Å². The van der Waals surface area contributed by atoms with E-state index >= 15 is 0 Å². The molecule has 2 aromatic rings. The largest absolute Gasteiger partial charge is 0.358 e. The van der Waals surface area contributed by atoms with E-state index in [1.54, 1.807) is 11.3 Å². The van der Waals surface area contributed by atoms with Crippen LogP contribution in [0, 0.1) is 5.92 Å². The van der Waals surface area contributed by atoms with E-state index in [0.29, 0.717) is 0 Å². The SMILES string of the molecule is c1ccc2c3c([nH]c2c1)[C@@H]1CCN2CC[C@H](C3)[C@H]12. The summed E-state index contributed by atoms with van der Waals surface area (Å²) in [6.07, 6.45) is 4.08. The third-order valence-electron chi connectivity index (χ3n) is 5.52. The summed E-state index contributed by atoms with van der Waals surface area (Å²) in [6, 6.07) is 9.71. The van der Waals surface area contributed by atoms with Crippen molar-refractivity contribution in [3.63, 3.8) is 0 Å². The van der Waals surface area contributed by atoms with Gasteiger partial charge in [-0.3, -0.25) is 4.90 Å². The zero-order valence-corrected chi connectivity index (χ0v) is 10.5. The number of nitrogens with one attached hydrogen (secondary N) is 1. The molecule has 5 rings (SSSR count). The van der Waals surface area contributed by atoms with Gasteiger partial charge in [0.05, 0.1) is 0 Å². The summed E-state index contributed by atoms with van der Waals surface area (Å²) >= 11 is 0. The fraction of sp³-hybridized carbons (Fsp3) is 0.500. The lowest BCUT2D eigenvalue weighted by Crippen LogP contribution is -2.34. The van der Waals surface area contributed by atoms with Gasteiger partial charge in [0.25, 0.3) is 0 Å². The first-order chi connectivity index (χ1) is 8.92. The molecule has 0 radical (unpaired) electrons. The van der Waals surface area contributed by atoms with Crippen molar-refractivity contribution in [3.05, 3.63) is 35.5 Å². The van der Waals surface area contributed by atoms with E-state index in [2.05, 4.69) is 34.1 Å². The summed E-state index contributed by atoms with van der Waals surface area (Å²) in [5.74, 6) is 1.71. The van der Waals surface area contributed by atoms with Crippen molar-refractivity contribution in [1.82, 2.24) is 9.88 Å². The van der Waals surface area contributed by atoms with E-state index in [0.717, 1.165) is 17.9 Å². The van der Waals surface area contributed by atoms with Crippen LogP contribution in [0.4, 0.5) is 0 Å². The maximum atomic E-state index is 3.73. The van der Waals surface area contributed by atoms with E-state index in [4.69, 9.17) is 0 Å². The number of para-hydroxylation sites is 1. The number of hydrogen-bond acceptors (Lipinski definition) is 1. The van der Waals surface area contributed by atoms with Crippen LogP contribution >= 0.6 is 0 Å². The van der Waals surface area contributed by atoms with Gasteiger partial charge in [0.15, 0.2) is 0 Å². The predicted octanol–water partition coefficient (Wildman–Crippen LogP) is 2.90. The molecule has 0 unspecified atom stereocenters. The van der Waals surface area contributed by atoms with Gasteiger partial charge in [-0.05, 0) is 49.9 Å². The minimum atomic E-state index is 0.786. The van der Waals surface area contributed by atoms with Crippen molar-refractivity contribution in [2.24, 2.45) is 5.92 Å². The first kappa shape index (κ1) is 9.62. The third kappa shape index (κ3) is 1.04. The molecule has 92 valence electrons. The molecule has 0 spiro atoms. The van der Waals surface area contributed by atoms with Crippen LogP contribution in [0.5, 0.6) is 0 Å². The van der Waals surface area contributed by atoms with Crippen molar-refractivity contribution < 1.29 is 0 Å². The number of nitrogens with zero attached hydrogens (tertiary/aromatic N) is 1. The Morgan fingerprint density at radius 1 is 1.11 bits per heavy atom. The normalized spacial score (nSPS) is 33.9. The highest BCUT2D eigenvalue weighted by molar-refractivity contribution is 5.85. The topological polar surface area (TPSA) is 19.0 Å². The Hall–Kier alpha value is -1.28. The molecule has 18 heavy (non-hydrogen) atoms. The lowest BCUT2D eigenvalue weighted by molar-refractivity contribution is 0.264. The number of aromatic nitrogens is 1. The molecule has 1 aromatic heterocycles.